The Balaban J connectivity index is 1.73. The molecular weight excluding hydrogens is 553 g/mol. The lowest BCUT2D eigenvalue weighted by Crippen LogP contribution is -2.27. The molecule has 2 aromatic carbocycles. The van der Waals surface area contributed by atoms with Gasteiger partial charge >= 0.3 is 5.97 Å². The van der Waals surface area contributed by atoms with Crippen LogP contribution in [0.1, 0.15) is 77.0 Å². The third kappa shape index (κ3) is 7.79. The maximum Gasteiger partial charge on any atom is 0.306 e. The number of alkyl halides is 2. The summed E-state index contributed by atoms with van der Waals surface area (Å²) in [5.74, 6) is 0.513. The van der Waals surface area contributed by atoms with E-state index in [1.807, 2.05) is 19.1 Å². The first-order valence-electron chi connectivity index (χ1n) is 13.6. The van der Waals surface area contributed by atoms with Crippen LogP contribution in [0.5, 0.6) is 11.5 Å². The first-order valence-corrected chi connectivity index (χ1v) is 14.7. The van der Waals surface area contributed by atoms with Crippen molar-refractivity contribution in [3.05, 3.63) is 64.7 Å². The maximum absolute atomic E-state index is 13.0. The quantitative estimate of drug-likeness (QED) is 0.159. The highest BCUT2D eigenvalue weighted by atomic mass is 35.5. The Morgan fingerprint density at radius 1 is 0.925 bits per heavy atom. The lowest BCUT2D eigenvalue weighted by Gasteiger charge is -2.25. The molecule has 0 heterocycles. The van der Waals surface area contributed by atoms with E-state index in [-0.39, 0.29) is 46.6 Å². The minimum atomic E-state index is -0.649. The largest absolute Gasteiger partial charge is 0.496 e. The number of ether oxygens (including phenoxy) is 3. The van der Waals surface area contributed by atoms with Gasteiger partial charge in [-0.1, -0.05) is 25.5 Å². The number of fused-ring (bicyclic) bond motifs is 1. The van der Waals surface area contributed by atoms with Crippen LogP contribution in [0, 0.1) is 0 Å². The van der Waals surface area contributed by atoms with Crippen molar-refractivity contribution in [1.29, 1.82) is 0 Å². The predicted molar refractivity (Wildman–Crippen MR) is 159 cm³/mol. The van der Waals surface area contributed by atoms with Gasteiger partial charge in [0.25, 0.3) is 0 Å². The molecule has 0 fully saturated rings. The van der Waals surface area contributed by atoms with Gasteiger partial charge < -0.3 is 19.1 Å². The Hall–Kier alpha value is -3.03. The Bertz CT molecular complexity index is 1210. The highest BCUT2D eigenvalue weighted by molar-refractivity contribution is 6.24. The molecule has 1 aliphatic carbocycles. The van der Waals surface area contributed by atoms with E-state index in [9.17, 15) is 14.4 Å². The van der Waals surface area contributed by atoms with Crippen LogP contribution in [0.25, 0.3) is 0 Å². The van der Waals surface area contributed by atoms with Crippen LogP contribution in [-0.2, 0) is 16.0 Å². The summed E-state index contributed by atoms with van der Waals surface area (Å²) in [6.45, 7) is 3.49. The third-order valence-electron chi connectivity index (χ3n) is 6.87. The number of aryl methyl sites for hydroxylation is 1. The number of carbonyl (C=O) groups excluding carboxylic acids is 3. The summed E-state index contributed by atoms with van der Waals surface area (Å²) < 4.78 is 17.1. The van der Waals surface area contributed by atoms with Crippen molar-refractivity contribution in [3.8, 4) is 11.5 Å². The number of hydrogen-bond donors (Lipinski definition) is 0. The molecule has 0 saturated carbocycles. The molecule has 2 aromatic rings. The van der Waals surface area contributed by atoms with E-state index < -0.39 is 6.10 Å². The second kappa shape index (κ2) is 15.7. The zero-order chi connectivity index (χ0) is 29.1. The summed E-state index contributed by atoms with van der Waals surface area (Å²) in [6, 6.07) is 9.85. The van der Waals surface area contributed by atoms with Crippen molar-refractivity contribution >= 4 is 46.4 Å². The summed E-state index contributed by atoms with van der Waals surface area (Å²) in [6.07, 6.45) is 5.61. The average Bonchev–Trinajstić information content (AvgIpc) is 2.96. The monoisotopic (exact) mass is 589 g/mol. The minimum Gasteiger partial charge on any atom is -0.496 e. The van der Waals surface area contributed by atoms with E-state index in [2.05, 4.69) is 17.0 Å². The number of halogens is 2. The number of allylic oxidation sites excluding steroid dienone is 2. The molecule has 40 heavy (non-hydrogen) atoms. The van der Waals surface area contributed by atoms with E-state index in [0.29, 0.717) is 30.2 Å². The molecule has 7 nitrogen and oxygen atoms in total. The molecule has 0 saturated heterocycles. The minimum absolute atomic E-state index is 0.140. The van der Waals surface area contributed by atoms with Crippen molar-refractivity contribution in [2.45, 2.75) is 51.6 Å². The van der Waals surface area contributed by atoms with Crippen molar-refractivity contribution in [2.24, 2.45) is 0 Å². The highest BCUT2D eigenvalue weighted by Gasteiger charge is 2.33. The van der Waals surface area contributed by atoms with Gasteiger partial charge in [0.1, 0.15) is 17.6 Å². The molecule has 0 N–H and O–H groups in total. The molecule has 1 unspecified atom stereocenters. The van der Waals surface area contributed by atoms with Gasteiger partial charge in [-0.3, -0.25) is 14.4 Å². The molecule has 0 bridgehead atoms. The van der Waals surface area contributed by atoms with Crippen LogP contribution in [0.4, 0.5) is 5.69 Å². The van der Waals surface area contributed by atoms with Gasteiger partial charge in [-0.25, -0.2) is 0 Å². The normalized spacial score (nSPS) is 13.1. The van der Waals surface area contributed by atoms with Gasteiger partial charge in [0.15, 0.2) is 11.6 Å². The molecular formula is C31H37Cl2NO6. The van der Waals surface area contributed by atoms with Gasteiger partial charge in [0, 0.05) is 42.5 Å². The van der Waals surface area contributed by atoms with Gasteiger partial charge in [-0.05, 0) is 61.6 Å². The van der Waals surface area contributed by atoms with Crippen LogP contribution in [0.2, 0.25) is 0 Å². The molecule has 0 aliphatic heterocycles. The fraction of sp³-hybridized carbons (Fsp3) is 0.452. The topological polar surface area (TPSA) is 82.1 Å². The molecule has 0 amide bonds. The fourth-order valence-electron chi connectivity index (χ4n) is 4.85. The van der Waals surface area contributed by atoms with E-state index >= 15 is 0 Å². The van der Waals surface area contributed by atoms with Gasteiger partial charge in [-0.15, -0.1) is 23.2 Å². The number of rotatable bonds is 16. The van der Waals surface area contributed by atoms with Crippen LogP contribution in [0.3, 0.4) is 0 Å². The summed E-state index contributed by atoms with van der Waals surface area (Å²) >= 11 is 11.8. The summed E-state index contributed by atoms with van der Waals surface area (Å²) in [7, 11) is 2.88. The van der Waals surface area contributed by atoms with Crippen LogP contribution >= 0.6 is 23.2 Å². The Morgan fingerprint density at radius 3 is 2.15 bits per heavy atom. The highest BCUT2D eigenvalue weighted by Crippen LogP contribution is 2.42. The number of methoxy groups -OCH3 is 2. The molecule has 0 aromatic heterocycles. The summed E-state index contributed by atoms with van der Waals surface area (Å²) in [5.41, 5.74) is 3.00. The molecule has 9 heteroatoms. The van der Waals surface area contributed by atoms with Crippen LogP contribution in [-0.4, -0.2) is 56.6 Å². The SMILES string of the molecule is CCCCC(OC(=O)CCCc1ccc(N(CCCl)CCCl)cc1)c1cc(OC)c2c(c1OC)C(=O)C=CC2=O. The lowest BCUT2D eigenvalue weighted by molar-refractivity contribution is -0.150. The number of benzene rings is 2. The molecule has 1 aliphatic rings. The molecule has 1 atom stereocenters. The van der Waals surface area contributed by atoms with Gasteiger partial charge in [0.2, 0.25) is 0 Å². The zero-order valence-electron chi connectivity index (χ0n) is 23.3. The zero-order valence-corrected chi connectivity index (χ0v) is 24.9. The van der Waals surface area contributed by atoms with Crippen LogP contribution in [0.15, 0.2) is 42.5 Å². The fourth-order valence-corrected chi connectivity index (χ4v) is 5.26. The Labute approximate surface area is 246 Å². The lowest BCUT2D eigenvalue weighted by atomic mass is 9.88. The van der Waals surface area contributed by atoms with E-state index in [4.69, 9.17) is 37.4 Å². The third-order valence-corrected chi connectivity index (χ3v) is 7.21. The van der Waals surface area contributed by atoms with Crippen molar-refractivity contribution in [3.63, 3.8) is 0 Å². The number of nitrogens with zero attached hydrogens (tertiary/aromatic N) is 1. The molecule has 0 spiro atoms. The molecule has 3 rings (SSSR count). The first kappa shape index (κ1) is 31.5. The standard InChI is InChI=1S/C31H37Cl2NO6/c1-4-5-8-26(23-20-27(38-2)29-24(35)14-15-25(36)30(29)31(23)39-3)40-28(37)9-6-7-21-10-12-22(13-11-21)34(18-16-32)19-17-33/h10-15,20,26H,4-9,16-19H2,1-3H3. The predicted octanol–water partition coefficient (Wildman–Crippen LogP) is 6.72. The number of ketones is 2. The number of carbonyl (C=O) groups is 3. The van der Waals surface area contributed by atoms with E-state index in [1.54, 1.807) is 6.07 Å². The van der Waals surface area contributed by atoms with Crippen molar-refractivity contribution < 1.29 is 28.6 Å². The second-order valence-corrected chi connectivity index (χ2v) is 10.3. The number of hydrogen-bond acceptors (Lipinski definition) is 7. The van der Waals surface area contributed by atoms with E-state index in [1.165, 1.54) is 26.4 Å². The number of anilines is 1. The summed E-state index contributed by atoms with van der Waals surface area (Å²) in [4.78, 5) is 40.5. The van der Waals surface area contributed by atoms with Crippen LogP contribution < -0.4 is 14.4 Å². The molecule has 0 radical (unpaired) electrons. The van der Waals surface area contributed by atoms with Gasteiger partial charge in [0.05, 0.1) is 25.3 Å². The van der Waals surface area contributed by atoms with Gasteiger partial charge in [-0.2, -0.15) is 0 Å². The average molecular weight is 591 g/mol. The first-order chi connectivity index (χ1) is 19.4. The maximum atomic E-state index is 13.0. The second-order valence-electron chi connectivity index (χ2n) is 9.52. The number of unbranched alkanes of at least 4 members (excludes halogenated alkanes) is 1. The van der Waals surface area contributed by atoms with E-state index in [0.717, 1.165) is 43.6 Å². The Morgan fingerprint density at radius 2 is 1.57 bits per heavy atom. The summed E-state index contributed by atoms with van der Waals surface area (Å²) in [5, 5.41) is 0. The molecule has 216 valence electrons. The Kier molecular flexibility index (Phi) is 12.3. The number of esters is 1. The van der Waals surface area contributed by atoms with Crippen molar-refractivity contribution in [1.82, 2.24) is 0 Å². The van der Waals surface area contributed by atoms with Crippen molar-refractivity contribution in [2.75, 3.05) is 44.0 Å². The smallest absolute Gasteiger partial charge is 0.306 e.